The topological polar surface area (TPSA) is 82.3 Å². The van der Waals surface area contributed by atoms with Gasteiger partial charge in [-0.15, -0.1) is 11.3 Å². The van der Waals surface area contributed by atoms with Crippen LogP contribution >= 0.6 is 22.9 Å². The summed E-state index contributed by atoms with van der Waals surface area (Å²) in [6, 6.07) is 5.78. The van der Waals surface area contributed by atoms with Gasteiger partial charge in [0.1, 0.15) is 22.2 Å². The third-order valence-electron chi connectivity index (χ3n) is 4.28. The maximum absolute atomic E-state index is 6.52. The average molecular weight is 406 g/mol. The van der Waals surface area contributed by atoms with Crippen molar-refractivity contribution in [3.05, 3.63) is 60.7 Å². The fraction of sp³-hybridized carbons (Fsp3) is 0.0526. The van der Waals surface area contributed by atoms with E-state index < -0.39 is 0 Å². The lowest BCUT2D eigenvalue weighted by molar-refractivity contribution is 0.968. The number of thiazole rings is 1. The monoisotopic (exact) mass is 405 g/mol. The number of fused-ring (bicyclic) bond motifs is 1. The number of pyridine rings is 1. The van der Waals surface area contributed by atoms with Crippen molar-refractivity contribution in [1.82, 2.24) is 34.5 Å². The molecule has 0 aliphatic heterocycles. The van der Waals surface area contributed by atoms with E-state index in [0.717, 1.165) is 32.0 Å². The van der Waals surface area contributed by atoms with Crippen molar-refractivity contribution in [3.63, 3.8) is 0 Å². The van der Waals surface area contributed by atoms with Gasteiger partial charge in [-0.1, -0.05) is 11.6 Å². The molecule has 7 nitrogen and oxygen atoms in total. The van der Waals surface area contributed by atoms with Crippen LogP contribution in [-0.4, -0.2) is 34.5 Å². The summed E-state index contributed by atoms with van der Waals surface area (Å²) < 4.78 is 2.04. The molecule has 0 amide bonds. The Kier molecular flexibility index (Phi) is 4.07. The summed E-state index contributed by atoms with van der Waals surface area (Å²) in [5, 5.41) is 2.13. The number of rotatable bonds is 3. The van der Waals surface area contributed by atoms with Gasteiger partial charge in [0.15, 0.2) is 5.82 Å². The second kappa shape index (κ2) is 6.74. The predicted molar refractivity (Wildman–Crippen MR) is 109 cm³/mol. The Hall–Kier alpha value is -3.23. The second-order valence-electron chi connectivity index (χ2n) is 6.05. The van der Waals surface area contributed by atoms with E-state index in [9.17, 15) is 0 Å². The van der Waals surface area contributed by atoms with Gasteiger partial charge in [-0.2, -0.15) is 0 Å². The van der Waals surface area contributed by atoms with Gasteiger partial charge in [-0.25, -0.2) is 29.9 Å². The zero-order valence-electron chi connectivity index (χ0n) is 14.6. The van der Waals surface area contributed by atoms with Crippen LogP contribution in [0.5, 0.6) is 0 Å². The molecule has 0 spiro atoms. The molecule has 0 saturated heterocycles. The minimum Gasteiger partial charge on any atom is -0.350 e. The summed E-state index contributed by atoms with van der Waals surface area (Å²) in [6.07, 6.45) is 10.3. The largest absolute Gasteiger partial charge is 0.350 e. The molecule has 5 heterocycles. The molecule has 0 aliphatic carbocycles. The van der Waals surface area contributed by atoms with Crippen LogP contribution in [0.4, 0.5) is 0 Å². The first-order valence-corrected chi connectivity index (χ1v) is 9.55. The molecule has 0 N–H and O–H groups in total. The average Bonchev–Trinajstić information content (AvgIpc) is 3.32. The first-order chi connectivity index (χ1) is 13.7. The van der Waals surface area contributed by atoms with Crippen molar-refractivity contribution in [2.45, 2.75) is 0 Å². The lowest BCUT2D eigenvalue weighted by Crippen LogP contribution is -1.95. The molecular formula is C19H12ClN7S. The van der Waals surface area contributed by atoms with Gasteiger partial charge < -0.3 is 4.57 Å². The van der Waals surface area contributed by atoms with Crippen LogP contribution in [0.1, 0.15) is 0 Å². The highest BCUT2D eigenvalue weighted by atomic mass is 35.5. The van der Waals surface area contributed by atoms with Crippen LogP contribution in [0.2, 0.25) is 5.15 Å². The minimum atomic E-state index is 0.396. The van der Waals surface area contributed by atoms with E-state index in [1.54, 1.807) is 30.9 Å². The Labute approximate surface area is 168 Å². The number of hydrogen-bond acceptors (Lipinski definition) is 7. The van der Waals surface area contributed by atoms with Gasteiger partial charge in [-0.3, -0.25) is 0 Å². The minimum absolute atomic E-state index is 0.396. The highest BCUT2D eigenvalue weighted by Crippen LogP contribution is 2.40. The predicted octanol–water partition coefficient (Wildman–Crippen LogP) is 4.26. The zero-order valence-corrected chi connectivity index (χ0v) is 16.2. The summed E-state index contributed by atoms with van der Waals surface area (Å²) in [5.41, 5.74) is 3.26. The van der Waals surface area contributed by atoms with Crippen molar-refractivity contribution >= 4 is 33.8 Å². The van der Waals surface area contributed by atoms with Crippen molar-refractivity contribution in [2.75, 3.05) is 0 Å². The van der Waals surface area contributed by atoms with Crippen LogP contribution in [0.3, 0.4) is 0 Å². The Morgan fingerprint density at radius 2 is 1.86 bits per heavy atom. The van der Waals surface area contributed by atoms with E-state index in [1.807, 2.05) is 29.9 Å². The van der Waals surface area contributed by atoms with Gasteiger partial charge in [0.2, 0.25) is 0 Å². The summed E-state index contributed by atoms with van der Waals surface area (Å²) in [7, 11) is 1.99. The fourth-order valence-corrected chi connectivity index (χ4v) is 4.24. The number of aromatic nitrogens is 7. The quantitative estimate of drug-likeness (QED) is 0.446. The maximum atomic E-state index is 6.52. The summed E-state index contributed by atoms with van der Waals surface area (Å²) >= 11 is 7.97. The first kappa shape index (κ1) is 16.9. The lowest BCUT2D eigenvalue weighted by atomic mass is 10.2. The first-order valence-electron chi connectivity index (χ1n) is 8.36. The smallest absolute Gasteiger partial charge is 0.178 e. The highest BCUT2D eigenvalue weighted by molar-refractivity contribution is 7.19. The highest BCUT2D eigenvalue weighted by Gasteiger charge is 2.19. The van der Waals surface area contributed by atoms with Gasteiger partial charge in [0, 0.05) is 49.0 Å². The van der Waals surface area contributed by atoms with E-state index in [1.165, 1.54) is 17.7 Å². The molecule has 0 saturated carbocycles. The van der Waals surface area contributed by atoms with E-state index in [-0.39, 0.29) is 0 Å². The summed E-state index contributed by atoms with van der Waals surface area (Å²) in [4.78, 5) is 26.9. The standard InChI is InChI=1S/C19H12ClN7S/c1-27-6-3-12-14(27)7-13(18-23-4-2-5-24-18)25-15(12)16-17(20)26-19(28-16)11-8-21-10-22-9-11/h2-10H,1H3. The Bertz CT molecular complexity index is 1280. The van der Waals surface area contributed by atoms with E-state index in [2.05, 4.69) is 24.9 Å². The maximum Gasteiger partial charge on any atom is 0.178 e. The molecule has 0 bridgehead atoms. The van der Waals surface area contributed by atoms with Crippen molar-refractivity contribution in [1.29, 1.82) is 0 Å². The van der Waals surface area contributed by atoms with E-state index in [0.29, 0.717) is 16.7 Å². The van der Waals surface area contributed by atoms with Crippen LogP contribution < -0.4 is 0 Å². The molecule has 9 heteroatoms. The third kappa shape index (κ3) is 2.83. The van der Waals surface area contributed by atoms with Crippen molar-refractivity contribution in [2.24, 2.45) is 7.05 Å². The molecule has 5 aromatic rings. The number of hydrogen-bond donors (Lipinski definition) is 0. The molecule has 0 atom stereocenters. The van der Waals surface area contributed by atoms with Crippen molar-refractivity contribution in [3.8, 4) is 32.7 Å². The van der Waals surface area contributed by atoms with Gasteiger partial charge in [0.05, 0.1) is 16.1 Å². The van der Waals surface area contributed by atoms with Crippen LogP contribution in [0, 0.1) is 0 Å². The molecule has 0 fully saturated rings. The Morgan fingerprint density at radius 1 is 1.07 bits per heavy atom. The van der Waals surface area contributed by atoms with Crippen LogP contribution in [-0.2, 0) is 7.05 Å². The fourth-order valence-electron chi connectivity index (χ4n) is 2.96. The molecule has 0 unspecified atom stereocenters. The van der Waals surface area contributed by atoms with E-state index >= 15 is 0 Å². The summed E-state index contributed by atoms with van der Waals surface area (Å²) in [6.45, 7) is 0. The SMILES string of the molecule is Cn1ccc2c(-c3sc(-c4cncnc4)nc3Cl)nc(-c3ncccn3)cc21. The number of halogens is 1. The molecular weight excluding hydrogens is 394 g/mol. The third-order valence-corrected chi connectivity index (χ3v) is 5.78. The lowest BCUT2D eigenvalue weighted by Gasteiger charge is -2.06. The number of nitrogens with zero attached hydrogens (tertiary/aromatic N) is 7. The normalized spacial score (nSPS) is 11.2. The van der Waals surface area contributed by atoms with Crippen LogP contribution in [0.15, 0.2) is 55.5 Å². The van der Waals surface area contributed by atoms with E-state index in [4.69, 9.17) is 16.6 Å². The Morgan fingerprint density at radius 3 is 2.64 bits per heavy atom. The summed E-state index contributed by atoms with van der Waals surface area (Å²) in [5.74, 6) is 0.559. The number of aryl methyl sites for hydroxylation is 1. The molecule has 5 aromatic heterocycles. The van der Waals surface area contributed by atoms with Gasteiger partial charge >= 0.3 is 0 Å². The van der Waals surface area contributed by atoms with Gasteiger partial charge in [-0.05, 0) is 18.2 Å². The van der Waals surface area contributed by atoms with Crippen LogP contribution in [0.25, 0.3) is 43.6 Å². The van der Waals surface area contributed by atoms with Crippen molar-refractivity contribution < 1.29 is 0 Å². The Balaban J connectivity index is 1.74. The second-order valence-corrected chi connectivity index (χ2v) is 7.41. The zero-order chi connectivity index (χ0) is 19.1. The van der Waals surface area contributed by atoms with Gasteiger partial charge in [0.25, 0.3) is 0 Å². The molecule has 0 aliphatic rings. The molecule has 136 valence electrons. The molecule has 5 rings (SSSR count). The molecule has 0 aromatic carbocycles. The molecule has 28 heavy (non-hydrogen) atoms. The molecule has 0 radical (unpaired) electrons.